The van der Waals surface area contributed by atoms with Crippen molar-refractivity contribution in [2.24, 2.45) is 0 Å². The molecule has 0 rings (SSSR count). The molecule has 1 amide bonds. The molecule has 0 fully saturated rings. The maximum absolute atomic E-state index is 11.0. The topological polar surface area (TPSA) is 61.4 Å². The van der Waals surface area contributed by atoms with Gasteiger partial charge < -0.3 is 14.6 Å². The van der Waals surface area contributed by atoms with E-state index in [1.165, 1.54) is 0 Å². The van der Waals surface area contributed by atoms with Gasteiger partial charge in [0, 0.05) is 0 Å². The first-order valence-electron chi connectivity index (χ1n) is 4.08. The Morgan fingerprint density at radius 1 is 1.54 bits per heavy atom. The molecule has 78 valence electrons. The first-order valence-corrected chi connectivity index (χ1v) is 5.81. The van der Waals surface area contributed by atoms with E-state index in [0.29, 0.717) is 12.3 Å². The van der Waals surface area contributed by atoms with Gasteiger partial charge in [-0.05, 0) is 20.8 Å². The van der Waals surface area contributed by atoms with Crippen LogP contribution in [0.4, 0.5) is 4.79 Å². The quantitative estimate of drug-likeness (QED) is 0.699. The normalized spacial score (nSPS) is 13.6. The summed E-state index contributed by atoms with van der Waals surface area (Å²) in [5.74, 6) is 0.458. The molecule has 1 atom stereocenters. The zero-order chi connectivity index (χ0) is 10.5. The van der Waals surface area contributed by atoms with E-state index >= 15 is 0 Å². The summed E-state index contributed by atoms with van der Waals surface area (Å²) >= 11 is -0.875. The van der Waals surface area contributed by atoms with Gasteiger partial charge in [-0.1, -0.05) is 11.2 Å². The van der Waals surface area contributed by atoms with Crippen LogP contribution in [0.3, 0.4) is 0 Å². The summed E-state index contributed by atoms with van der Waals surface area (Å²) in [6.07, 6.45) is 1.13. The SMILES string of the molecule is C[S+]([O-])CCNC(=O)OC(C)(C)C. The Balaban J connectivity index is 3.53. The van der Waals surface area contributed by atoms with Crippen LogP contribution in [0.5, 0.6) is 0 Å². The Kier molecular flexibility index (Phi) is 5.17. The molecule has 0 radical (unpaired) electrons. The molecule has 13 heavy (non-hydrogen) atoms. The van der Waals surface area contributed by atoms with Gasteiger partial charge in [0.2, 0.25) is 0 Å². The van der Waals surface area contributed by atoms with Gasteiger partial charge in [-0.15, -0.1) is 0 Å². The molecule has 0 aliphatic carbocycles. The minimum absolute atomic E-state index is 0.387. The standard InChI is InChI=1S/C8H17NO3S/c1-8(2,3)12-7(10)9-5-6-13(4)11/h5-6H2,1-4H3,(H,9,10). The number of alkyl carbamates (subject to hydrolysis) is 1. The fraction of sp³-hybridized carbons (Fsp3) is 0.875. The van der Waals surface area contributed by atoms with Crippen LogP contribution >= 0.6 is 0 Å². The summed E-state index contributed by atoms with van der Waals surface area (Å²) in [4.78, 5) is 11.0. The highest BCUT2D eigenvalue weighted by Gasteiger charge is 2.15. The zero-order valence-electron chi connectivity index (χ0n) is 8.55. The average Bonchev–Trinajstić information content (AvgIpc) is 1.81. The third-order valence-electron chi connectivity index (χ3n) is 1.06. The number of hydrogen-bond acceptors (Lipinski definition) is 3. The second kappa shape index (κ2) is 5.34. The lowest BCUT2D eigenvalue weighted by Crippen LogP contribution is -2.34. The second-order valence-electron chi connectivity index (χ2n) is 3.71. The van der Waals surface area contributed by atoms with Gasteiger partial charge in [0.25, 0.3) is 0 Å². The van der Waals surface area contributed by atoms with Crippen molar-refractivity contribution in [3.05, 3.63) is 0 Å². The summed E-state index contributed by atoms with van der Waals surface area (Å²) in [6.45, 7) is 5.78. The Morgan fingerprint density at radius 3 is 2.46 bits per heavy atom. The first-order chi connectivity index (χ1) is 5.81. The highest BCUT2D eigenvalue weighted by Crippen LogP contribution is 2.05. The molecule has 1 unspecified atom stereocenters. The summed E-state index contributed by atoms with van der Waals surface area (Å²) in [6, 6.07) is 0. The van der Waals surface area contributed by atoms with Gasteiger partial charge in [0.05, 0.1) is 12.8 Å². The first kappa shape index (κ1) is 12.6. The molecule has 0 aromatic carbocycles. The molecule has 0 aliphatic heterocycles. The monoisotopic (exact) mass is 207 g/mol. The highest BCUT2D eigenvalue weighted by atomic mass is 32.2. The Labute approximate surface area is 82.2 Å². The minimum Gasteiger partial charge on any atom is -0.617 e. The number of hydrogen-bond donors (Lipinski definition) is 1. The number of nitrogens with one attached hydrogen (secondary N) is 1. The highest BCUT2D eigenvalue weighted by molar-refractivity contribution is 7.90. The van der Waals surface area contributed by atoms with Crippen LogP contribution in [0.1, 0.15) is 20.8 Å². The van der Waals surface area contributed by atoms with Crippen molar-refractivity contribution in [3.63, 3.8) is 0 Å². The van der Waals surface area contributed by atoms with Crippen LogP contribution in [0.2, 0.25) is 0 Å². The molecule has 0 spiro atoms. The summed E-state index contributed by atoms with van der Waals surface area (Å²) in [5, 5.41) is 2.52. The number of ether oxygens (including phenoxy) is 1. The fourth-order valence-electron chi connectivity index (χ4n) is 0.611. The largest absolute Gasteiger partial charge is 0.617 e. The Hall–Kier alpha value is -0.420. The van der Waals surface area contributed by atoms with E-state index in [1.807, 2.05) is 0 Å². The van der Waals surface area contributed by atoms with Gasteiger partial charge >= 0.3 is 6.09 Å². The van der Waals surface area contributed by atoms with Gasteiger partial charge in [0.15, 0.2) is 0 Å². The zero-order valence-corrected chi connectivity index (χ0v) is 9.36. The van der Waals surface area contributed by atoms with E-state index in [2.05, 4.69) is 5.32 Å². The van der Waals surface area contributed by atoms with Crippen LogP contribution in [-0.4, -0.2) is 34.8 Å². The van der Waals surface area contributed by atoms with Gasteiger partial charge in [-0.25, -0.2) is 4.79 Å². The predicted octanol–water partition coefficient (Wildman–Crippen LogP) is 0.890. The van der Waals surface area contributed by atoms with E-state index in [1.54, 1.807) is 27.0 Å². The van der Waals surface area contributed by atoms with E-state index in [9.17, 15) is 9.35 Å². The third kappa shape index (κ3) is 9.49. The molecule has 0 saturated carbocycles. The lowest BCUT2D eigenvalue weighted by molar-refractivity contribution is 0.0531. The Bertz CT molecular complexity index is 165. The number of amides is 1. The van der Waals surface area contributed by atoms with Crippen molar-refractivity contribution in [1.29, 1.82) is 0 Å². The van der Waals surface area contributed by atoms with E-state index < -0.39 is 22.9 Å². The van der Waals surface area contributed by atoms with Crippen molar-refractivity contribution in [2.45, 2.75) is 26.4 Å². The van der Waals surface area contributed by atoms with E-state index in [4.69, 9.17) is 4.74 Å². The minimum atomic E-state index is -0.875. The molecule has 4 nitrogen and oxygen atoms in total. The van der Waals surface area contributed by atoms with Crippen molar-refractivity contribution < 1.29 is 14.1 Å². The fourth-order valence-corrected chi connectivity index (χ4v) is 1.00. The summed E-state index contributed by atoms with van der Waals surface area (Å²) < 4.78 is 15.6. The van der Waals surface area contributed by atoms with Crippen LogP contribution in [0, 0.1) is 0 Å². The molecule has 1 N–H and O–H groups in total. The van der Waals surface area contributed by atoms with Crippen LogP contribution < -0.4 is 5.32 Å². The second-order valence-corrected chi connectivity index (χ2v) is 5.26. The molecule has 0 aliphatic rings. The summed E-state index contributed by atoms with van der Waals surface area (Å²) in [5.41, 5.74) is -0.477. The van der Waals surface area contributed by atoms with Crippen molar-refractivity contribution in [1.82, 2.24) is 5.32 Å². The van der Waals surface area contributed by atoms with Crippen molar-refractivity contribution in [3.8, 4) is 0 Å². The van der Waals surface area contributed by atoms with Crippen LogP contribution in [0.15, 0.2) is 0 Å². The lowest BCUT2D eigenvalue weighted by Gasteiger charge is -2.19. The molecule has 5 heteroatoms. The summed E-state index contributed by atoms with van der Waals surface area (Å²) in [7, 11) is 0. The number of rotatable bonds is 3. The van der Waals surface area contributed by atoms with Gasteiger partial charge in [-0.3, -0.25) is 0 Å². The van der Waals surface area contributed by atoms with Crippen LogP contribution in [0.25, 0.3) is 0 Å². The lowest BCUT2D eigenvalue weighted by atomic mass is 10.2. The Morgan fingerprint density at radius 2 is 2.08 bits per heavy atom. The maximum Gasteiger partial charge on any atom is 0.407 e. The molecular formula is C8H17NO3S. The third-order valence-corrected chi connectivity index (χ3v) is 1.84. The molecule has 0 aromatic rings. The predicted molar refractivity (Wildman–Crippen MR) is 53.2 cm³/mol. The van der Waals surface area contributed by atoms with Gasteiger partial charge in [-0.2, -0.15) is 0 Å². The average molecular weight is 207 g/mol. The number of carbonyl (C=O) groups excluding carboxylic acids is 1. The number of carbonyl (C=O) groups is 1. The van der Waals surface area contributed by atoms with Crippen molar-refractivity contribution >= 4 is 17.3 Å². The molecule has 0 saturated heterocycles. The molecule has 0 aromatic heterocycles. The van der Waals surface area contributed by atoms with Gasteiger partial charge in [0.1, 0.15) is 11.4 Å². The van der Waals surface area contributed by atoms with E-state index in [0.717, 1.165) is 0 Å². The van der Waals surface area contributed by atoms with Crippen molar-refractivity contribution in [2.75, 3.05) is 18.6 Å². The van der Waals surface area contributed by atoms with E-state index in [-0.39, 0.29) is 0 Å². The molecule has 0 bridgehead atoms. The van der Waals surface area contributed by atoms with Crippen LogP contribution in [-0.2, 0) is 15.9 Å². The maximum atomic E-state index is 11.0. The molecular weight excluding hydrogens is 190 g/mol. The molecule has 0 heterocycles. The smallest absolute Gasteiger partial charge is 0.407 e.